The first kappa shape index (κ1) is 16.0. The van der Waals surface area contributed by atoms with E-state index in [4.69, 9.17) is 4.52 Å². The number of aromatic nitrogens is 3. The summed E-state index contributed by atoms with van der Waals surface area (Å²) in [6.07, 6.45) is 5.09. The molecule has 0 aliphatic heterocycles. The smallest absolute Gasteiger partial charge is 0.263 e. The van der Waals surface area contributed by atoms with Gasteiger partial charge in [-0.05, 0) is 42.5 Å². The van der Waals surface area contributed by atoms with Crippen LogP contribution in [0.4, 0.5) is 10.2 Å². The van der Waals surface area contributed by atoms with Gasteiger partial charge in [-0.2, -0.15) is 4.98 Å². The van der Waals surface area contributed by atoms with Gasteiger partial charge in [-0.15, -0.1) is 0 Å². The molecule has 2 aromatic heterocycles. The highest BCUT2D eigenvalue weighted by molar-refractivity contribution is 5.97. The van der Waals surface area contributed by atoms with Crippen LogP contribution in [-0.2, 0) is 0 Å². The molecule has 3 aromatic rings. The number of fused-ring (bicyclic) bond motifs is 1. The van der Waals surface area contributed by atoms with Crippen molar-refractivity contribution in [2.24, 2.45) is 11.8 Å². The summed E-state index contributed by atoms with van der Waals surface area (Å²) in [5, 5.41) is 8.48. The molecule has 1 aliphatic carbocycles. The van der Waals surface area contributed by atoms with E-state index in [9.17, 15) is 4.39 Å². The normalized spacial score (nSPS) is 23.7. The van der Waals surface area contributed by atoms with Crippen molar-refractivity contribution in [1.29, 1.82) is 0 Å². The van der Waals surface area contributed by atoms with Gasteiger partial charge in [0.05, 0.1) is 0 Å². The summed E-state index contributed by atoms with van der Waals surface area (Å²) in [5.74, 6) is 1.70. The summed E-state index contributed by atoms with van der Waals surface area (Å²) >= 11 is 0. The predicted octanol–water partition coefficient (Wildman–Crippen LogP) is 4.66. The van der Waals surface area contributed by atoms with Gasteiger partial charge in [0.2, 0.25) is 0 Å². The highest BCUT2D eigenvalue weighted by Gasteiger charge is 2.28. The van der Waals surface area contributed by atoms with Gasteiger partial charge in [0.15, 0.2) is 0 Å². The Balaban J connectivity index is 1.74. The molecular formula is C19H21FN4O. The molecule has 0 amide bonds. The van der Waals surface area contributed by atoms with Gasteiger partial charge in [0, 0.05) is 11.6 Å². The first-order valence-electron chi connectivity index (χ1n) is 8.76. The van der Waals surface area contributed by atoms with Crippen LogP contribution in [0.3, 0.4) is 0 Å². The zero-order valence-electron chi connectivity index (χ0n) is 14.4. The number of rotatable bonds is 3. The molecule has 5 nitrogen and oxygen atoms in total. The van der Waals surface area contributed by atoms with Crippen LogP contribution in [0.2, 0.25) is 0 Å². The van der Waals surface area contributed by atoms with Crippen LogP contribution < -0.4 is 5.32 Å². The van der Waals surface area contributed by atoms with Gasteiger partial charge in [0.25, 0.3) is 5.71 Å². The molecule has 1 fully saturated rings. The number of hydrogen-bond acceptors (Lipinski definition) is 5. The summed E-state index contributed by atoms with van der Waals surface area (Å²) in [7, 11) is 0. The average molecular weight is 340 g/mol. The number of anilines is 1. The minimum Gasteiger partial charge on any atom is -0.366 e. The fourth-order valence-electron chi connectivity index (χ4n) is 3.66. The standard InChI is InChI=1S/C19H21FN4O/c1-11-4-3-5-15(12(11)2)23-18-16-17(13-6-8-14(20)9-7-13)24-25-19(16)22-10-21-18/h6-12,15H,3-5H2,1-2H3,(H,21,22,23)/t11-,12+,15-/m0/s1. The summed E-state index contributed by atoms with van der Waals surface area (Å²) in [6, 6.07) is 6.57. The number of halogens is 1. The first-order valence-corrected chi connectivity index (χ1v) is 8.76. The molecule has 1 N–H and O–H groups in total. The van der Waals surface area contributed by atoms with Crippen LogP contribution in [0.1, 0.15) is 33.1 Å². The average Bonchev–Trinajstić information content (AvgIpc) is 3.05. The van der Waals surface area contributed by atoms with Gasteiger partial charge in [-0.25, -0.2) is 9.37 Å². The quantitative estimate of drug-likeness (QED) is 0.751. The van der Waals surface area contributed by atoms with E-state index in [0.29, 0.717) is 29.3 Å². The second kappa shape index (κ2) is 6.43. The van der Waals surface area contributed by atoms with E-state index >= 15 is 0 Å². The van der Waals surface area contributed by atoms with Gasteiger partial charge >= 0.3 is 0 Å². The Morgan fingerprint density at radius 3 is 2.72 bits per heavy atom. The maximum Gasteiger partial charge on any atom is 0.263 e. The minimum atomic E-state index is -0.281. The molecule has 25 heavy (non-hydrogen) atoms. The Kier molecular flexibility index (Phi) is 4.11. The second-order valence-corrected chi connectivity index (χ2v) is 6.96. The molecule has 0 radical (unpaired) electrons. The molecule has 1 aromatic carbocycles. The van der Waals surface area contributed by atoms with Crippen molar-refractivity contribution >= 4 is 16.9 Å². The Hall–Kier alpha value is -2.50. The minimum absolute atomic E-state index is 0.281. The predicted molar refractivity (Wildman–Crippen MR) is 94.6 cm³/mol. The molecule has 0 bridgehead atoms. The Morgan fingerprint density at radius 1 is 1.12 bits per heavy atom. The largest absolute Gasteiger partial charge is 0.366 e. The topological polar surface area (TPSA) is 63.8 Å². The summed E-state index contributed by atoms with van der Waals surface area (Å²) in [4.78, 5) is 8.62. The fraction of sp³-hybridized carbons (Fsp3) is 0.421. The third-order valence-electron chi connectivity index (χ3n) is 5.42. The van der Waals surface area contributed by atoms with Crippen LogP contribution >= 0.6 is 0 Å². The number of hydrogen-bond donors (Lipinski definition) is 1. The molecular weight excluding hydrogens is 319 g/mol. The lowest BCUT2D eigenvalue weighted by atomic mass is 9.78. The maximum absolute atomic E-state index is 13.2. The zero-order valence-corrected chi connectivity index (χ0v) is 14.4. The van der Waals surface area contributed by atoms with Crippen molar-refractivity contribution in [1.82, 2.24) is 15.1 Å². The van der Waals surface area contributed by atoms with Crippen molar-refractivity contribution in [2.45, 2.75) is 39.2 Å². The van der Waals surface area contributed by atoms with Crippen LogP contribution in [0.15, 0.2) is 35.1 Å². The lowest BCUT2D eigenvalue weighted by Gasteiger charge is -2.35. The van der Waals surface area contributed by atoms with Crippen LogP contribution in [0, 0.1) is 17.7 Å². The van der Waals surface area contributed by atoms with E-state index in [1.165, 1.54) is 31.3 Å². The fourth-order valence-corrected chi connectivity index (χ4v) is 3.66. The number of nitrogens with zero attached hydrogens (tertiary/aromatic N) is 3. The molecule has 3 atom stereocenters. The molecule has 130 valence electrons. The summed E-state index contributed by atoms with van der Waals surface area (Å²) in [6.45, 7) is 4.59. The highest BCUT2D eigenvalue weighted by atomic mass is 19.1. The number of nitrogens with one attached hydrogen (secondary N) is 1. The molecule has 1 aliphatic rings. The number of benzene rings is 1. The van der Waals surface area contributed by atoms with Crippen molar-refractivity contribution < 1.29 is 8.91 Å². The van der Waals surface area contributed by atoms with Gasteiger partial charge in [-0.3, -0.25) is 0 Å². The molecule has 2 heterocycles. The van der Waals surface area contributed by atoms with Crippen LogP contribution in [0.5, 0.6) is 0 Å². The van der Waals surface area contributed by atoms with Crippen molar-refractivity contribution in [3.63, 3.8) is 0 Å². The van der Waals surface area contributed by atoms with E-state index in [1.807, 2.05) is 0 Å². The van der Waals surface area contributed by atoms with Crippen molar-refractivity contribution in [2.75, 3.05) is 5.32 Å². The molecule has 0 saturated heterocycles. The molecule has 6 heteroatoms. The van der Waals surface area contributed by atoms with Crippen LogP contribution in [-0.4, -0.2) is 21.2 Å². The second-order valence-electron chi connectivity index (χ2n) is 6.96. The van der Waals surface area contributed by atoms with Crippen molar-refractivity contribution in [3.05, 3.63) is 36.4 Å². The highest BCUT2D eigenvalue weighted by Crippen LogP contribution is 2.35. The van der Waals surface area contributed by atoms with E-state index in [2.05, 4.69) is 34.3 Å². The molecule has 0 unspecified atom stereocenters. The summed E-state index contributed by atoms with van der Waals surface area (Å²) < 4.78 is 18.6. The van der Waals surface area contributed by atoms with Gasteiger partial charge in [0.1, 0.15) is 29.0 Å². The van der Waals surface area contributed by atoms with E-state index in [-0.39, 0.29) is 5.82 Å². The third kappa shape index (κ3) is 2.97. The van der Waals surface area contributed by atoms with Gasteiger partial charge in [-0.1, -0.05) is 31.8 Å². The first-order chi connectivity index (χ1) is 12.1. The summed E-state index contributed by atoms with van der Waals surface area (Å²) in [5.41, 5.74) is 1.85. The van der Waals surface area contributed by atoms with E-state index < -0.39 is 0 Å². The lowest BCUT2D eigenvalue weighted by molar-refractivity contribution is 0.253. The van der Waals surface area contributed by atoms with E-state index in [1.54, 1.807) is 12.1 Å². The molecule has 1 saturated carbocycles. The van der Waals surface area contributed by atoms with Gasteiger partial charge < -0.3 is 9.84 Å². The Labute approximate surface area is 145 Å². The third-order valence-corrected chi connectivity index (χ3v) is 5.42. The SMILES string of the molecule is C[C@H]1[C@@H](Nc2ncnc3onc(-c4ccc(F)cc4)c23)CCC[C@@H]1C. The lowest BCUT2D eigenvalue weighted by Crippen LogP contribution is -2.35. The Bertz CT molecular complexity index is 877. The van der Waals surface area contributed by atoms with Crippen LogP contribution in [0.25, 0.3) is 22.4 Å². The van der Waals surface area contributed by atoms with E-state index in [0.717, 1.165) is 23.2 Å². The van der Waals surface area contributed by atoms with Crippen molar-refractivity contribution in [3.8, 4) is 11.3 Å². The monoisotopic (exact) mass is 340 g/mol. The molecule has 0 spiro atoms. The Morgan fingerprint density at radius 2 is 1.92 bits per heavy atom. The zero-order chi connectivity index (χ0) is 17.4. The maximum atomic E-state index is 13.2. The molecule has 4 rings (SSSR count).